The smallest absolute Gasteiger partial charge is 0.346 e. The Balaban J connectivity index is 1.65. The number of aromatic nitrogens is 4. The van der Waals surface area contributed by atoms with Crippen LogP contribution in [0.3, 0.4) is 0 Å². The van der Waals surface area contributed by atoms with Crippen LogP contribution in [0.4, 0.5) is 11.5 Å². The third-order valence-electron chi connectivity index (χ3n) is 5.08. The third-order valence-corrected chi connectivity index (χ3v) is 5.08. The van der Waals surface area contributed by atoms with Crippen molar-refractivity contribution >= 4 is 22.5 Å². The van der Waals surface area contributed by atoms with Gasteiger partial charge in [-0.15, -0.1) is 0 Å². The molecule has 0 bridgehead atoms. The van der Waals surface area contributed by atoms with E-state index in [9.17, 15) is 10.1 Å². The molecule has 0 saturated carbocycles. The standard InChI is InChI=1S/C20H16N6O2/c27-26(28)18-19(24-10-9-14-5-1-2-6-15(14)11-24)21-12-22-20(18)25-13-23-16-7-3-4-8-17(16)25/h1-8,12-13H,9-11H2. The van der Waals surface area contributed by atoms with Gasteiger partial charge in [0, 0.05) is 13.1 Å². The number of fused-ring (bicyclic) bond motifs is 2. The Morgan fingerprint density at radius 2 is 1.68 bits per heavy atom. The van der Waals surface area contributed by atoms with Crippen molar-refractivity contribution in [2.75, 3.05) is 11.4 Å². The summed E-state index contributed by atoms with van der Waals surface area (Å²) in [5.41, 5.74) is 3.85. The van der Waals surface area contributed by atoms with Crippen molar-refractivity contribution in [3.05, 3.63) is 82.4 Å². The lowest BCUT2D eigenvalue weighted by molar-refractivity contribution is -0.384. The molecule has 2 aromatic carbocycles. The van der Waals surface area contributed by atoms with E-state index in [1.807, 2.05) is 41.3 Å². The molecule has 1 aliphatic heterocycles. The highest BCUT2D eigenvalue weighted by molar-refractivity contribution is 5.79. The Morgan fingerprint density at radius 3 is 2.54 bits per heavy atom. The van der Waals surface area contributed by atoms with Crippen LogP contribution in [0.2, 0.25) is 0 Å². The zero-order chi connectivity index (χ0) is 19.1. The van der Waals surface area contributed by atoms with E-state index in [0.717, 1.165) is 23.0 Å². The zero-order valence-electron chi connectivity index (χ0n) is 14.9. The van der Waals surface area contributed by atoms with E-state index in [4.69, 9.17) is 0 Å². The van der Waals surface area contributed by atoms with Crippen LogP contribution in [0.25, 0.3) is 16.9 Å². The van der Waals surface area contributed by atoms with E-state index < -0.39 is 4.92 Å². The van der Waals surface area contributed by atoms with Crippen LogP contribution in [-0.4, -0.2) is 31.0 Å². The lowest BCUT2D eigenvalue weighted by Crippen LogP contribution is -2.31. The van der Waals surface area contributed by atoms with Crippen LogP contribution in [-0.2, 0) is 13.0 Å². The average molecular weight is 372 g/mol. The van der Waals surface area contributed by atoms with E-state index in [2.05, 4.69) is 27.1 Å². The number of nitro groups is 1. The highest BCUT2D eigenvalue weighted by Gasteiger charge is 2.30. The van der Waals surface area contributed by atoms with Crippen molar-refractivity contribution in [3.8, 4) is 5.82 Å². The van der Waals surface area contributed by atoms with Gasteiger partial charge in [0.05, 0.1) is 16.0 Å². The molecule has 0 spiro atoms. The molecule has 0 saturated heterocycles. The van der Waals surface area contributed by atoms with Crippen LogP contribution < -0.4 is 4.90 Å². The largest absolute Gasteiger partial charge is 0.354 e. The lowest BCUT2D eigenvalue weighted by atomic mass is 10.00. The van der Waals surface area contributed by atoms with Crippen molar-refractivity contribution in [1.29, 1.82) is 0 Å². The van der Waals surface area contributed by atoms with Crippen molar-refractivity contribution in [2.45, 2.75) is 13.0 Å². The van der Waals surface area contributed by atoms with Crippen LogP contribution in [0.1, 0.15) is 11.1 Å². The molecular formula is C20H16N6O2. The van der Waals surface area contributed by atoms with Crippen LogP contribution >= 0.6 is 0 Å². The molecular weight excluding hydrogens is 356 g/mol. The molecule has 28 heavy (non-hydrogen) atoms. The Kier molecular flexibility index (Phi) is 3.75. The molecule has 2 aromatic heterocycles. The number of anilines is 1. The predicted octanol–water partition coefficient (Wildman–Crippen LogP) is 3.29. The third kappa shape index (κ3) is 2.58. The number of rotatable bonds is 3. The molecule has 0 N–H and O–H groups in total. The van der Waals surface area contributed by atoms with Crippen LogP contribution in [0.15, 0.2) is 61.2 Å². The Morgan fingerprint density at radius 1 is 0.929 bits per heavy atom. The average Bonchev–Trinajstić information content (AvgIpc) is 3.17. The maximum absolute atomic E-state index is 12.0. The minimum atomic E-state index is -0.403. The summed E-state index contributed by atoms with van der Waals surface area (Å²) in [7, 11) is 0. The topological polar surface area (TPSA) is 90.0 Å². The SMILES string of the molecule is O=[N+]([O-])c1c(N2CCc3ccccc3C2)ncnc1-n1cnc2ccccc21. The van der Waals surface area contributed by atoms with Crippen molar-refractivity contribution in [2.24, 2.45) is 0 Å². The van der Waals surface area contributed by atoms with Gasteiger partial charge in [-0.05, 0) is 29.7 Å². The van der Waals surface area contributed by atoms with Gasteiger partial charge in [-0.25, -0.2) is 15.0 Å². The van der Waals surface area contributed by atoms with Gasteiger partial charge in [-0.3, -0.25) is 14.7 Å². The van der Waals surface area contributed by atoms with Gasteiger partial charge >= 0.3 is 5.69 Å². The number of hydrogen-bond acceptors (Lipinski definition) is 6. The maximum atomic E-state index is 12.0. The lowest BCUT2D eigenvalue weighted by Gasteiger charge is -2.29. The summed E-state index contributed by atoms with van der Waals surface area (Å²) in [5.74, 6) is 0.560. The predicted molar refractivity (Wildman–Crippen MR) is 105 cm³/mol. The quantitative estimate of drug-likeness (QED) is 0.405. The first kappa shape index (κ1) is 16.4. The summed E-state index contributed by atoms with van der Waals surface area (Å²) >= 11 is 0. The fraction of sp³-hybridized carbons (Fsp3) is 0.150. The number of benzene rings is 2. The fourth-order valence-corrected chi connectivity index (χ4v) is 3.74. The second-order valence-electron chi connectivity index (χ2n) is 6.67. The molecule has 138 valence electrons. The van der Waals surface area contributed by atoms with Gasteiger partial charge in [0.2, 0.25) is 11.6 Å². The van der Waals surface area contributed by atoms with Gasteiger partial charge < -0.3 is 4.90 Å². The highest BCUT2D eigenvalue weighted by Crippen LogP contribution is 2.34. The van der Waals surface area contributed by atoms with Gasteiger partial charge in [0.1, 0.15) is 12.7 Å². The minimum absolute atomic E-state index is 0.106. The van der Waals surface area contributed by atoms with E-state index in [0.29, 0.717) is 18.9 Å². The molecule has 0 aliphatic carbocycles. The summed E-state index contributed by atoms with van der Waals surface area (Å²) < 4.78 is 1.65. The van der Waals surface area contributed by atoms with Crippen molar-refractivity contribution in [3.63, 3.8) is 0 Å². The molecule has 8 heteroatoms. The van der Waals surface area contributed by atoms with Crippen molar-refractivity contribution in [1.82, 2.24) is 19.5 Å². The molecule has 0 radical (unpaired) electrons. The molecule has 0 unspecified atom stereocenters. The molecule has 4 aromatic rings. The number of nitrogens with zero attached hydrogens (tertiary/aromatic N) is 6. The highest BCUT2D eigenvalue weighted by atomic mass is 16.6. The number of hydrogen-bond donors (Lipinski definition) is 0. The second kappa shape index (κ2) is 6.41. The molecule has 8 nitrogen and oxygen atoms in total. The number of para-hydroxylation sites is 2. The van der Waals surface area contributed by atoms with E-state index >= 15 is 0 Å². The maximum Gasteiger partial charge on any atom is 0.354 e. The zero-order valence-corrected chi connectivity index (χ0v) is 14.9. The molecule has 1 aliphatic rings. The minimum Gasteiger partial charge on any atom is -0.346 e. The summed E-state index contributed by atoms with van der Waals surface area (Å²) in [6, 6.07) is 15.6. The van der Waals surface area contributed by atoms with Gasteiger partial charge in [-0.2, -0.15) is 0 Å². The summed E-state index contributed by atoms with van der Waals surface area (Å²) in [6.45, 7) is 1.25. The molecule has 3 heterocycles. The fourth-order valence-electron chi connectivity index (χ4n) is 3.74. The van der Waals surface area contributed by atoms with E-state index in [1.165, 1.54) is 11.9 Å². The number of imidazole rings is 1. The summed E-state index contributed by atoms with van der Waals surface area (Å²) in [4.78, 5) is 26.4. The first-order chi connectivity index (χ1) is 13.7. The van der Waals surface area contributed by atoms with E-state index in [-0.39, 0.29) is 11.5 Å². The Bertz CT molecular complexity index is 1200. The second-order valence-corrected chi connectivity index (χ2v) is 6.67. The van der Waals surface area contributed by atoms with Gasteiger partial charge in [0.15, 0.2) is 0 Å². The van der Waals surface area contributed by atoms with Crippen LogP contribution in [0.5, 0.6) is 0 Å². The van der Waals surface area contributed by atoms with E-state index in [1.54, 1.807) is 10.9 Å². The molecule has 0 amide bonds. The molecule has 5 rings (SSSR count). The monoisotopic (exact) mass is 372 g/mol. The van der Waals surface area contributed by atoms with Crippen molar-refractivity contribution < 1.29 is 4.92 Å². The van der Waals surface area contributed by atoms with Gasteiger partial charge in [0.25, 0.3) is 0 Å². The molecule has 0 atom stereocenters. The summed E-state index contributed by atoms with van der Waals surface area (Å²) in [6.07, 6.45) is 3.77. The Hall–Kier alpha value is -3.81. The molecule has 0 fully saturated rings. The normalized spacial score (nSPS) is 13.5. The first-order valence-corrected chi connectivity index (χ1v) is 8.96. The van der Waals surface area contributed by atoms with Gasteiger partial charge in [-0.1, -0.05) is 36.4 Å². The summed E-state index contributed by atoms with van der Waals surface area (Å²) in [5, 5.41) is 12.0. The van der Waals surface area contributed by atoms with Crippen LogP contribution in [0, 0.1) is 10.1 Å². The Labute approximate surface area is 160 Å². The first-order valence-electron chi connectivity index (χ1n) is 8.96.